The fraction of sp³-hybridized carbons (Fsp3) is 0.625. The largest absolute Gasteiger partial charge is 0.309 e. The lowest BCUT2D eigenvalue weighted by molar-refractivity contribution is 0.454. The molecule has 0 amide bonds. The smallest absolute Gasteiger partial charge is 0.127 e. The van der Waals surface area contributed by atoms with Gasteiger partial charge in [0, 0.05) is 17.6 Å². The van der Waals surface area contributed by atoms with Crippen LogP contribution in [0.5, 0.6) is 0 Å². The molecule has 2 heterocycles. The molecule has 1 aliphatic carbocycles. The van der Waals surface area contributed by atoms with Crippen molar-refractivity contribution in [3.8, 4) is 10.6 Å². The summed E-state index contributed by atoms with van der Waals surface area (Å²) in [7, 11) is 2.00. The molecule has 4 nitrogen and oxygen atoms in total. The lowest BCUT2D eigenvalue weighted by Crippen LogP contribution is -2.25. The van der Waals surface area contributed by atoms with Crippen molar-refractivity contribution < 1.29 is 0 Å². The number of hydrogen-bond donors (Lipinski definition) is 1. The van der Waals surface area contributed by atoms with Gasteiger partial charge in [0.15, 0.2) is 0 Å². The highest BCUT2D eigenvalue weighted by Gasteiger charge is 2.26. The molecule has 0 radical (unpaired) electrons. The number of hydrogen-bond acceptors (Lipinski definition) is 4. The lowest BCUT2D eigenvalue weighted by Gasteiger charge is -2.22. The van der Waals surface area contributed by atoms with Crippen LogP contribution in [0.3, 0.4) is 0 Å². The molecule has 0 spiro atoms. The first-order chi connectivity index (χ1) is 10.1. The zero-order valence-electron chi connectivity index (χ0n) is 13.4. The van der Waals surface area contributed by atoms with Crippen LogP contribution >= 0.6 is 11.3 Å². The van der Waals surface area contributed by atoms with Gasteiger partial charge in [-0.15, -0.1) is 11.3 Å². The van der Waals surface area contributed by atoms with Crippen molar-refractivity contribution in [1.82, 2.24) is 20.1 Å². The predicted molar refractivity (Wildman–Crippen MR) is 87.8 cm³/mol. The average Bonchev–Trinajstić information content (AvgIpc) is 2.98. The summed E-state index contributed by atoms with van der Waals surface area (Å²) in [4.78, 5) is 6.46. The van der Waals surface area contributed by atoms with E-state index in [9.17, 15) is 0 Å². The number of aromatic nitrogens is 3. The standard InChI is InChI=1S/C16H24N4S/c1-5-9-17-12-7-6-8-13-15(12)18-16(21-13)14-10(2)19-20(4)11(14)3/h12,17H,5-9H2,1-4H3. The van der Waals surface area contributed by atoms with Crippen LogP contribution in [-0.4, -0.2) is 21.3 Å². The molecule has 0 bridgehead atoms. The summed E-state index contributed by atoms with van der Waals surface area (Å²) in [6.07, 6.45) is 4.82. The second kappa shape index (κ2) is 5.89. The SMILES string of the molecule is CCCNC1CCCc2sc(-c3c(C)nn(C)c3C)nc21. The van der Waals surface area contributed by atoms with E-state index in [0.29, 0.717) is 6.04 Å². The first kappa shape index (κ1) is 14.7. The topological polar surface area (TPSA) is 42.7 Å². The van der Waals surface area contributed by atoms with E-state index in [4.69, 9.17) is 4.98 Å². The van der Waals surface area contributed by atoms with Gasteiger partial charge in [0.25, 0.3) is 0 Å². The monoisotopic (exact) mass is 304 g/mol. The van der Waals surface area contributed by atoms with Crippen LogP contribution in [0.1, 0.15) is 54.2 Å². The molecule has 0 saturated carbocycles. The summed E-state index contributed by atoms with van der Waals surface area (Å²) in [5.41, 5.74) is 4.80. The minimum absolute atomic E-state index is 0.441. The summed E-state index contributed by atoms with van der Waals surface area (Å²) in [5, 5.41) is 9.33. The maximum Gasteiger partial charge on any atom is 0.127 e. The van der Waals surface area contributed by atoms with Crippen LogP contribution in [0.2, 0.25) is 0 Å². The molecule has 0 aromatic carbocycles. The van der Waals surface area contributed by atoms with Gasteiger partial charge >= 0.3 is 0 Å². The number of nitrogens with one attached hydrogen (secondary N) is 1. The molecular weight excluding hydrogens is 280 g/mol. The summed E-state index contributed by atoms with van der Waals surface area (Å²) in [5.74, 6) is 0. The van der Waals surface area contributed by atoms with Gasteiger partial charge in [-0.3, -0.25) is 4.68 Å². The van der Waals surface area contributed by atoms with E-state index in [1.807, 2.05) is 23.1 Å². The highest BCUT2D eigenvalue weighted by molar-refractivity contribution is 7.15. The van der Waals surface area contributed by atoms with Gasteiger partial charge in [0.1, 0.15) is 5.01 Å². The number of nitrogens with zero attached hydrogens (tertiary/aromatic N) is 3. The number of aryl methyl sites for hydroxylation is 3. The minimum atomic E-state index is 0.441. The quantitative estimate of drug-likeness (QED) is 0.939. The fourth-order valence-electron chi connectivity index (χ4n) is 3.13. The first-order valence-electron chi connectivity index (χ1n) is 7.85. The lowest BCUT2D eigenvalue weighted by atomic mass is 9.97. The second-order valence-corrected chi connectivity index (χ2v) is 6.98. The molecule has 21 heavy (non-hydrogen) atoms. The van der Waals surface area contributed by atoms with E-state index >= 15 is 0 Å². The van der Waals surface area contributed by atoms with Gasteiger partial charge in [-0.05, 0) is 46.1 Å². The van der Waals surface area contributed by atoms with Gasteiger partial charge in [-0.1, -0.05) is 6.92 Å². The Kier molecular flexibility index (Phi) is 4.13. The van der Waals surface area contributed by atoms with E-state index in [1.165, 1.54) is 47.5 Å². The number of fused-ring (bicyclic) bond motifs is 1. The molecular formula is C16H24N4S. The molecule has 0 saturated heterocycles. The van der Waals surface area contributed by atoms with Crippen LogP contribution in [0.25, 0.3) is 10.6 Å². The van der Waals surface area contributed by atoms with Crippen molar-refractivity contribution in [1.29, 1.82) is 0 Å². The first-order valence-corrected chi connectivity index (χ1v) is 8.67. The van der Waals surface area contributed by atoms with Crippen LogP contribution in [-0.2, 0) is 13.5 Å². The fourth-order valence-corrected chi connectivity index (χ4v) is 4.44. The molecule has 2 aromatic rings. The Labute approximate surface area is 130 Å². The van der Waals surface area contributed by atoms with Crippen molar-refractivity contribution in [2.45, 2.75) is 52.5 Å². The summed E-state index contributed by atoms with van der Waals surface area (Å²) in [6, 6.07) is 0.441. The van der Waals surface area contributed by atoms with Crippen molar-refractivity contribution in [3.63, 3.8) is 0 Å². The zero-order chi connectivity index (χ0) is 15.0. The summed E-state index contributed by atoms with van der Waals surface area (Å²) in [6.45, 7) is 7.49. The van der Waals surface area contributed by atoms with Crippen molar-refractivity contribution in [3.05, 3.63) is 22.0 Å². The predicted octanol–water partition coefficient (Wildman–Crippen LogP) is 3.54. The molecule has 5 heteroatoms. The number of rotatable bonds is 4. The van der Waals surface area contributed by atoms with Crippen LogP contribution in [0, 0.1) is 13.8 Å². The van der Waals surface area contributed by atoms with Gasteiger partial charge in [0.2, 0.25) is 0 Å². The third-order valence-corrected chi connectivity index (χ3v) is 5.47. The molecule has 0 fully saturated rings. The molecule has 3 rings (SSSR count). The van der Waals surface area contributed by atoms with Crippen LogP contribution in [0.15, 0.2) is 0 Å². The van der Waals surface area contributed by atoms with Crippen molar-refractivity contribution >= 4 is 11.3 Å². The minimum Gasteiger partial charge on any atom is -0.309 e. The second-order valence-electron chi connectivity index (χ2n) is 5.90. The Morgan fingerprint density at radius 2 is 2.19 bits per heavy atom. The van der Waals surface area contributed by atoms with Gasteiger partial charge in [0.05, 0.1) is 23.0 Å². The Balaban J connectivity index is 1.98. The summed E-state index contributed by atoms with van der Waals surface area (Å²) >= 11 is 1.86. The molecule has 114 valence electrons. The molecule has 2 aromatic heterocycles. The highest BCUT2D eigenvalue weighted by Crippen LogP contribution is 2.38. The molecule has 1 aliphatic rings. The Hall–Kier alpha value is -1.20. The Bertz CT molecular complexity index is 641. The zero-order valence-corrected chi connectivity index (χ0v) is 14.2. The van der Waals surface area contributed by atoms with Crippen molar-refractivity contribution in [2.24, 2.45) is 7.05 Å². The van der Waals surface area contributed by atoms with E-state index in [0.717, 1.165) is 17.2 Å². The van der Waals surface area contributed by atoms with Gasteiger partial charge < -0.3 is 5.32 Å². The van der Waals surface area contributed by atoms with E-state index in [1.54, 1.807) is 0 Å². The number of thiazole rings is 1. The summed E-state index contributed by atoms with van der Waals surface area (Å²) < 4.78 is 1.96. The Morgan fingerprint density at radius 1 is 1.38 bits per heavy atom. The Morgan fingerprint density at radius 3 is 2.86 bits per heavy atom. The van der Waals surface area contributed by atoms with Crippen LogP contribution < -0.4 is 5.32 Å². The maximum absolute atomic E-state index is 4.99. The van der Waals surface area contributed by atoms with Crippen LogP contribution in [0.4, 0.5) is 0 Å². The molecule has 1 atom stereocenters. The van der Waals surface area contributed by atoms with E-state index in [2.05, 4.69) is 31.2 Å². The molecule has 1 unspecified atom stereocenters. The maximum atomic E-state index is 4.99. The third-order valence-electron chi connectivity index (χ3n) is 4.32. The average molecular weight is 304 g/mol. The molecule has 0 aliphatic heterocycles. The van der Waals surface area contributed by atoms with Gasteiger partial charge in [-0.2, -0.15) is 5.10 Å². The third kappa shape index (κ3) is 2.64. The van der Waals surface area contributed by atoms with Gasteiger partial charge in [-0.25, -0.2) is 4.98 Å². The highest BCUT2D eigenvalue weighted by atomic mass is 32.1. The van der Waals surface area contributed by atoms with Crippen molar-refractivity contribution in [2.75, 3.05) is 6.54 Å². The van der Waals surface area contributed by atoms with E-state index in [-0.39, 0.29) is 0 Å². The normalized spacial score (nSPS) is 18.0. The van der Waals surface area contributed by atoms with E-state index < -0.39 is 0 Å². The molecule has 1 N–H and O–H groups in total.